The van der Waals surface area contributed by atoms with Gasteiger partial charge in [-0.3, -0.25) is 9.59 Å². The number of nitrogens with one attached hydrogen (secondary N) is 1. The molecule has 22 heavy (non-hydrogen) atoms. The Hall–Kier alpha value is -1.12. The van der Waals surface area contributed by atoms with Crippen molar-refractivity contribution in [2.24, 2.45) is 10.3 Å². The van der Waals surface area contributed by atoms with Crippen molar-refractivity contribution in [3.63, 3.8) is 0 Å². The molecule has 0 aromatic rings. The van der Waals surface area contributed by atoms with E-state index in [9.17, 15) is 27.0 Å². The van der Waals surface area contributed by atoms with Crippen molar-refractivity contribution < 1.29 is 27.0 Å². The van der Waals surface area contributed by atoms with Crippen LogP contribution in [0.15, 0.2) is 4.36 Å². The fraction of sp³-hybridized carbons (Fsp3) is 0.846. The Morgan fingerprint density at radius 3 is 2.00 bits per heavy atom. The maximum Gasteiger partial charge on any atom is 0.474 e. The van der Waals surface area contributed by atoms with Gasteiger partial charge < -0.3 is 5.32 Å². The van der Waals surface area contributed by atoms with Crippen LogP contribution in [0.4, 0.5) is 13.2 Å². The van der Waals surface area contributed by atoms with Crippen molar-refractivity contribution in [2.75, 3.05) is 5.75 Å². The number of rotatable bonds is 6. The first-order valence-corrected chi connectivity index (χ1v) is 8.72. The van der Waals surface area contributed by atoms with Crippen molar-refractivity contribution in [1.29, 1.82) is 0 Å². The van der Waals surface area contributed by atoms with Crippen LogP contribution in [0.5, 0.6) is 0 Å². The lowest BCUT2D eigenvalue weighted by molar-refractivity contribution is -0.169. The zero-order valence-corrected chi connectivity index (χ0v) is 14.2. The van der Waals surface area contributed by atoms with E-state index < -0.39 is 33.1 Å². The standard InChI is InChI=1S/C13H23F3N2O3S/c1-6-11(19)17-10(8(2)3)7-22(21,9(4)5)18-12(20)13(14,15)16/h8-10H,6-7H2,1-5H3,(H,17,19)/t10-,22?/m1/s1. The van der Waals surface area contributed by atoms with Crippen molar-refractivity contribution in [3.8, 4) is 0 Å². The number of alkyl halides is 3. The summed E-state index contributed by atoms with van der Waals surface area (Å²) in [5.74, 6) is -3.11. The summed E-state index contributed by atoms with van der Waals surface area (Å²) in [6.07, 6.45) is -4.96. The number of hydrogen-bond donors (Lipinski definition) is 1. The number of hydrogen-bond acceptors (Lipinski definition) is 3. The van der Waals surface area contributed by atoms with Crippen LogP contribution in [0.1, 0.15) is 41.0 Å². The largest absolute Gasteiger partial charge is 0.474 e. The fourth-order valence-corrected chi connectivity index (χ4v) is 3.53. The smallest absolute Gasteiger partial charge is 0.352 e. The Balaban J connectivity index is 5.57. The van der Waals surface area contributed by atoms with E-state index in [1.807, 2.05) is 0 Å². The second kappa shape index (κ2) is 7.94. The summed E-state index contributed by atoms with van der Waals surface area (Å²) in [7, 11) is -3.45. The molecule has 2 amide bonds. The zero-order chi connectivity index (χ0) is 17.7. The third kappa shape index (κ3) is 6.33. The van der Waals surface area contributed by atoms with E-state index >= 15 is 0 Å². The van der Waals surface area contributed by atoms with Gasteiger partial charge in [0.1, 0.15) is 0 Å². The molecule has 0 fully saturated rings. The van der Waals surface area contributed by atoms with Gasteiger partial charge in [-0.15, -0.1) is 0 Å². The van der Waals surface area contributed by atoms with E-state index in [0.29, 0.717) is 0 Å². The molecule has 0 aromatic heterocycles. The highest BCUT2D eigenvalue weighted by molar-refractivity contribution is 7.94. The summed E-state index contributed by atoms with van der Waals surface area (Å²) in [6.45, 7) is 7.99. The first kappa shape index (κ1) is 20.9. The maximum absolute atomic E-state index is 12.7. The first-order valence-electron chi connectivity index (χ1n) is 6.97. The Bertz CT molecular complexity index is 521. The number of carbonyl (C=O) groups excluding carboxylic acids is 2. The van der Waals surface area contributed by atoms with Gasteiger partial charge in [-0.05, 0) is 5.92 Å². The SMILES string of the molecule is CCC(=O)N[C@H](CS(=O)(=NC(=O)C(F)(F)F)C(C)C)C(C)C. The number of nitrogens with zero attached hydrogens (tertiary/aromatic N) is 1. The van der Waals surface area contributed by atoms with Crippen LogP contribution >= 0.6 is 0 Å². The summed E-state index contributed by atoms with van der Waals surface area (Å²) in [5.41, 5.74) is 0. The van der Waals surface area contributed by atoms with Crippen molar-refractivity contribution in [1.82, 2.24) is 5.32 Å². The van der Waals surface area contributed by atoms with Crippen LogP contribution in [0, 0.1) is 5.92 Å². The van der Waals surface area contributed by atoms with E-state index in [0.717, 1.165) is 0 Å². The van der Waals surface area contributed by atoms with Crippen LogP contribution in [0.3, 0.4) is 0 Å². The minimum atomic E-state index is -5.16. The van der Waals surface area contributed by atoms with E-state index in [1.54, 1.807) is 20.8 Å². The van der Waals surface area contributed by atoms with Gasteiger partial charge in [0.15, 0.2) is 0 Å². The molecule has 0 radical (unpaired) electrons. The van der Waals surface area contributed by atoms with E-state index in [1.165, 1.54) is 13.8 Å². The molecule has 0 aliphatic rings. The highest BCUT2D eigenvalue weighted by Gasteiger charge is 2.40. The summed E-state index contributed by atoms with van der Waals surface area (Å²) < 4.78 is 52.7. The van der Waals surface area contributed by atoms with Gasteiger partial charge in [0.05, 0.1) is 15.5 Å². The Morgan fingerprint density at radius 2 is 1.68 bits per heavy atom. The second-order valence-corrected chi connectivity index (χ2v) is 8.41. The lowest BCUT2D eigenvalue weighted by Crippen LogP contribution is -2.44. The number of amides is 2. The minimum absolute atomic E-state index is 0.161. The quantitative estimate of drug-likeness (QED) is 0.804. The molecule has 0 saturated carbocycles. The summed E-state index contributed by atoms with van der Waals surface area (Å²) >= 11 is 0. The lowest BCUT2D eigenvalue weighted by Gasteiger charge is -2.25. The van der Waals surface area contributed by atoms with E-state index in [-0.39, 0.29) is 24.0 Å². The maximum atomic E-state index is 12.7. The van der Waals surface area contributed by atoms with Gasteiger partial charge in [0.25, 0.3) is 0 Å². The molecule has 0 aliphatic carbocycles. The topological polar surface area (TPSA) is 75.6 Å². The average molecular weight is 344 g/mol. The van der Waals surface area contributed by atoms with Gasteiger partial charge in [-0.1, -0.05) is 34.6 Å². The predicted octanol–water partition coefficient (Wildman–Crippen LogP) is 2.50. The fourth-order valence-electron chi connectivity index (χ4n) is 1.49. The van der Waals surface area contributed by atoms with Crippen LogP contribution < -0.4 is 5.32 Å². The summed E-state index contributed by atoms with van der Waals surface area (Å²) in [4.78, 5) is 22.5. The van der Waals surface area contributed by atoms with Crippen LogP contribution in [0.2, 0.25) is 0 Å². The van der Waals surface area contributed by atoms with Gasteiger partial charge >= 0.3 is 12.1 Å². The zero-order valence-electron chi connectivity index (χ0n) is 13.4. The van der Waals surface area contributed by atoms with Crippen LogP contribution in [-0.2, 0) is 19.3 Å². The van der Waals surface area contributed by atoms with Crippen molar-refractivity contribution >= 4 is 21.5 Å². The average Bonchev–Trinajstić information content (AvgIpc) is 2.36. The lowest BCUT2D eigenvalue weighted by atomic mass is 10.1. The monoisotopic (exact) mass is 344 g/mol. The Labute approximate surface area is 129 Å². The second-order valence-electron chi connectivity index (χ2n) is 5.57. The summed E-state index contributed by atoms with van der Waals surface area (Å²) in [5, 5.41) is 1.87. The van der Waals surface area contributed by atoms with E-state index in [2.05, 4.69) is 9.68 Å². The third-order valence-corrected chi connectivity index (χ3v) is 5.89. The highest BCUT2D eigenvalue weighted by atomic mass is 32.2. The van der Waals surface area contributed by atoms with Crippen LogP contribution in [-0.4, -0.2) is 39.2 Å². The predicted molar refractivity (Wildman–Crippen MR) is 78.7 cm³/mol. The molecule has 0 heterocycles. The van der Waals surface area contributed by atoms with Gasteiger partial charge in [0.2, 0.25) is 5.91 Å². The van der Waals surface area contributed by atoms with Gasteiger partial charge in [0, 0.05) is 17.7 Å². The van der Waals surface area contributed by atoms with Crippen molar-refractivity contribution in [2.45, 2.75) is 58.5 Å². The van der Waals surface area contributed by atoms with Crippen LogP contribution in [0.25, 0.3) is 0 Å². The number of carbonyl (C=O) groups is 2. The third-order valence-electron chi connectivity index (χ3n) is 3.11. The molecule has 130 valence electrons. The highest BCUT2D eigenvalue weighted by Crippen LogP contribution is 2.20. The molecular formula is C13H23F3N2O3S. The molecule has 0 rings (SSSR count). The molecule has 9 heteroatoms. The molecule has 1 N–H and O–H groups in total. The molecule has 0 aromatic carbocycles. The van der Waals surface area contributed by atoms with Gasteiger partial charge in [-0.2, -0.15) is 17.5 Å². The summed E-state index contributed by atoms with van der Waals surface area (Å²) in [6, 6.07) is -0.618. The minimum Gasteiger partial charge on any atom is -0.352 e. The van der Waals surface area contributed by atoms with E-state index in [4.69, 9.17) is 0 Å². The van der Waals surface area contributed by atoms with Crippen molar-refractivity contribution in [3.05, 3.63) is 0 Å². The molecule has 1 unspecified atom stereocenters. The Kier molecular flexibility index (Phi) is 7.53. The molecule has 0 aliphatic heterocycles. The molecule has 5 nitrogen and oxygen atoms in total. The van der Waals surface area contributed by atoms with Gasteiger partial charge in [-0.25, -0.2) is 4.21 Å². The molecule has 0 bridgehead atoms. The normalized spacial score (nSPS) is 16.3. The first-order chi connectivity index (χ1) is 9.83. The molecule has 0 spiro atoms. The molecule has 0 saturated heterocycles. The molecule has 2 atom stereocenters. The Morgan fingerprint density at radius 1 is 1.18 bits per heavy atom. The number of halogens is 3. The molecular weight excluding hydrogens is 321 g/mol.